The summed E-state index contributed by atoms with van der Waals surface area (Å²) in [6.45, 7) is 19.0. The first-order chi connectivity index (χ1) is 32.0. The summed E-state index contributed by atoms with van der Waals surface area (Å²) in [6.07, 6.45) is 5.61. The first-order valence-electron chi connectivity index (χ1n) is 23.8. The molecule has 6 unspecified atom stereocenters. The van der Waals surface area contributed by atoms with Gasteiger partial charge >= 0.3 is 0 Å². The molecular weight excluding hydrogens is 873 g/mol. The molecule has 16 nitrogen and oxygen atoms in total. The maximum absolute atomic E-state index is 15.6. The molecule has 9 aliphatic rings. The lowest BCUT2D eigenvalue weighted by Gasteiger charge is -2.62. The van der Waals surface area contributed by atoms with Gasteiger partial charge in [-0.25, -0.2) is 0 Å². The van der Waals surface area contributed by atoms with Crippen LogP contribution in [0.4, 0.5) is 0 Å². The van der Waals surface area contributed by atoms with Gasteiger partial charge < -0.3 is 64.8 Å². The number of aliphatic hydroxyl groups excluding tert-OH is 3. The summed E-state index contributed by atoms with van der Waals surface area (Å²) in [4.78, 5) is 28.9. The van der Waals surface area contributed by atoms with Crippen LogP contribution in [0.1, 0.15) is 112 Å². The molecule has 4 bridgehead atoms. The summed E-state index contributed by atoms with van der Waals surface area (Å²) >= 11 is 0. The van der Waals surface area contributed by atoms with Gasteiger partial charge in [0.05, 0.1) is 47.3 Å². The van der Waals surface area contributed by atoms with Gasteiger partial charge in [-0.05, 0) is 107 Å². The molecule has 6 aliphatic heterocycles. The Bertz CT molecular complexity index is 2560. The molecule has 1 amide bonds. The van der Waals surface area contributed by atoms with Gasteiger partial charge in [0.1, 0.15) is 53.1 Å². The average Bonchev–Trinajstić information content (AvgIpc) is 3.41. The summed E-state index contributed by atoms with van der Waals surface area (Å²) in [7, 11) is 0. The molecule has 3 aliphatic carbocycles. The van der Waals surface area contributed by atoms with Gasteiger partial charge in [0, 0.05) is 47.4 Å². The van der Waals surface area contributed by atoms with Gasteiger partial charge in [-0.3, -0.25) is 9.59 Å². The number of carbonyl (C=O) groups is 2. The van der Waals surface area contributed by atoms with Crippen molar-refractivity contribution in [2.75, 3.05) is 19.8 Å². The third-order valence-corrected chi connectivity index (χ3v) is 15.1. The lowest BCUT2D eigenvalue weighted by molar-refractivity contribution is -0.373. The van der Waals surface area contributed by atoms with Crippen LogP contribution in [0.5, 0.6) is 17.2 Å². The zero-order valence-corrected chi connectivity index (χ0v) is 40.7. The lowest BCUT2D eigenvalue weighted by atomic mass is 9.45. The predicted molar refractivity (Wildman–Crippen MR) is 249 cm³/mol. The number of allylic oxidation sites excluding steroid dienone is 5. The topological polar surface area (TPSA) is 233 Å². The number of nitrogens with zero attached hydrogens (tertiary/aromatic N) is 1. The Balaban J connectivity index is 1.31. The number of dihydropyridines is 1. The molecule has 1 aromatic rings. The van der Waals surface area contributed by atoms with Crippen LogP contribution in [0.2, 0.25) is 0 Å². The second kappa shape index (κ2) is 16.9. The molecule has 0 radical (unpaired) electrons. The number of amides is 1. The van der Waals surface area contributed by atoms with E-state index < -0.39 is 82.6 Å². The number of ether oxygens (including phenoxy) is 7. The van der Waals surface area contributed by atoms with Crippen LogP contribution in [0.15, 0.2) is 58.0 Å². The van der Waals surface area contributed by atoms with Crippen molar-refractivity contribution >= 4 is 23.5 Å². The Labute approximate surface area is 397 Å². The quantitative estimate of drug-likeness (QED) is 0.119. The van der Waals surface area contributed by atoms with Crippen LogP contribution < -0.4 is 30.6 Å². The molecule has 366 valence electrons. The van der Waals surface area contributed by atoms with E-state index in [9.17, 15) is 25.4 Å². The number of Topliss-reactive ketones (excluding diaryl/α,β-unsaturated/α-hetero) is 1. The van der Waals surface area contributed by atoms with Crippen molar-refractivity contribution in [3.8, 4) is 23.3 Å². The van der Waals surface area contributed by atoms with E-state index in [2.05, 4.69) is 42.7 Å². The molecule has 68 heavy (non-hydrogen) atoms. The van der Waals surface area contributed by atoms with Crippen LogP contribution in [0, 0.1) is 29.1 Å². The number of fused-ring (bicyclic) bond motifs is 4. The van der Waals surface area contributed by atoms with E-state index in [0.717, 1.165) is 12.0 Å². The fourth-order valence-electron chi connectivity index (χ4n) is 12.0. The first-order valence-corrected chi connectivity index (χ1v) is 23.8. The highest BCUT2D eigenvalue weighted by molar-refractivity contribution is 6.02. The smallest absolute Gasteiger partial charge is 0.246 e. The van der Waals surface area contributed by atoms with Crippen molar-refractivity contribution in [2.45, 2.75) is 160 Å². The van der Waals surface area contributed by atoms with Crippen LogP contribution in [0.3, 0.4) is 0 Å². The fraction of sp³-hybridized carbons (Fsp3) is 0.596. The Morgan fingerprint density at radius 3 is 2.47 bits per heavy atom. The van der Waals surface area contributed by atoms with Crippen LogP contribution in [0.25, 0.3) is 11.8 Å². The van der Waals surface area contributed by atoms with E-state index in [1.165, 1.54) is 5.57 Å². The van der Waals surface area contributed by atoms with Gasteiger partial charge in [-0.15, -0.1) is 0 Å². The average molecular weight is 939 g/mol. The van der Waals surface area contributed by atoms with Crippen molar-refractivity contribution in [1.29, 1.82) is 5.26 Å². The summed E-state index contributed by atoms with van der Waals surface area (Å²) in [5.74, 6) is -2.69. The van der Waals surface area contributed by atoms with E-state index >= 15 is 4.79 Å². The normalized spacial score (nSPS) is 35.4. The zero-order chi connectivity index (χ0) is 49.0. The Morgan fingerprint density at radius 1 is 1.04 bits per heavy atom. The predicted octanol–water partition coefficient (Wildman–Crippen LogP) is 5.05. The third kappa shape index (κ3) is 7.34. The van der Waals surface area contributed by atoms with Crippen molar-refractivity contribution < 1.29 is 58.1 Å². The van der Waals surface area contributed by atoms with Crippen LogP contribution >= 0.6 is 0 Å². The Hall–Kier alpha value is -4.99. The van der Waals surface area contributed by atoms with Crippen molar-refractivity contribution in [3.63, 3.8) is 0 Å². The molecule has 1 aromatic carbocycles. The summed E-state index contributed by atoms with van der Waals surface area (Å²) in [5.41, 5.74) is 7.21. The van der Waals surface area contributed by atoms with Gasteiger partial charge in [0.15, 0.2) is 22.8 Å². The molecule has 11 atom stereocenters. The number of nitriles is 1. The number of hydrogen-bond donors (Lipinski definition) is 6. The molecule has 10 rings (SSSR count). The van der Waals surface area contributed by atoms with Crippen LogP contribution in [-0.2, 0) is 35.0 Å². The lowest BCUT2D eigenvalue weighted by Crippen LogP contribution is -2.75. The first kappa shape index (κ1) is 48.1. The molecule has 3 saturated carbocycles. The molecule has 3 saturated heterocycles. The van der Waals surface area contributed by atoms with E-state index in [0.29, 0.717) is 64.3 Å². The minimum absolute atomic E-state index is 0.0523. The van der Waals surface area contributed by atoms with E-state index in [4.69, 9.17) is 38.9 Å². The maximum atomic E-state index is 15.6. The number of hydrogen-bond acceptors (Lipinski definition) is 15. The fourth-order valence-corrected chi connectivity index (χ4v) is 12.0. The minimum atomic E-state index is -1.70. The summed E-state index contributed by atoms with van der Waals surface area (Å²) in [6, 6.07) is 2.33. The maximum Gasteiger partial charge on any atom is 0.246 e. The van der Waals surface area contributed by atoms with E-state index in [1.807, 2.05) is 46.8 Å². The highest BCUT2D eigenvalue weighted by atomic mass is 16.8. The minimum Gasteiger partial charge on any atom is -0.482 e. The highest BCUT2D eigenvalue weighted by Crippen LogP contribution is 2.73. The van der Waals surface area contributed by atoms with Crippen LogP contribution in [-0.4, -0.2) is 106 Å². The molecule has 0 aromatic heterocycles. The number of nitrogens with two attached hydrogens (primary N) is 1. The molecule has 6 fully saturated rings. The molecule has 1 spiro atoms. The second-order valence-corrected chi connectivity index (χ2v) is 21.3. The number of benzene rings is 1. The summed E-state index contributed by atoms with van der Waals surface area (Å²) < 4.78 is 47.6. The standard InChI is InChI=1S/C52H66N4O12/c1-25(2)12-11-17-50(10)18-16-29-40(66-50)28(14-13-26(3)4)42-35(41(29)64-47-39(59)38(58)43-32(63-47)24-62-49(8,9)65-43)37-36-34(31(23-53)45(54)56-37)30-22-33-48(6,7)68-51(44(30)60,52(33,36)67-42)19-15-27(5)46(61)55-20-21-57/h12-13,15-16,18,30,32-34,38-39,43,47,56-59H,11,14,17,19-22,24,54H2,1-10H3,(H,55,61)/b27-15-/t30?,32-,33?,34?,38-,39-,43-,47+,50?,51?,52?/m0/s1. The third-order valence-electron chi connectivity index (χ3n) is 15.1. The van der Waals surface area contributed by atoms with E-state index in [1.54, 1.807) is 26.8 Å². The second-order valence-electron chi connectivity index (χ2n) is 21.3. The number of carbonyl (C=O) groups excluding carboxylic acids is 2. The van der Waals surface area contributed by atoms with Gasteiger partial charge in [-0.1, -0.05) is 29.4 Å². The van der Waals surface area contributed by atoms with Crippen molar-refractivity contribution in [1.82, 2.24) is 10.6 Å². The zero-order valence-electron chi connectivity index (χ0n) is 40.7. The Morgan fingerprint density at radius 2 is 1.78 bits per heavy atom. The van der Waals surface area contributed by atoms with Crippen molar-refractivity contribution in [2.24, 2.45) is 23.5 Å². The molecule has 7 N–H and O–H groups in total. The number of ketones is 1. The van der Waals surface area contributed by atoms with Gasteiger partial charge in [-0.2, -0.15) is 5.26 Å². The molecule has 6 heterocycles. The number of aliphatic hydroxyl groups is 3. The molecular formula is C52H66N4O12. The van der Waals surface area contributed by atoms with E-state index in [-0.39, 0.29) is 49.1 Å². The summed E-state index contributed by atoms with van der Waals surface area (Å²) in [5, 5.41) is 50.0. The molecule has 16 heteroatoms. The Kier molecular flexibility index (Phi) is 11.9. The van der Waals surface area contributed by atoms with Gasteiger partial charge in [0.25, 0.3) is 0 Å². The monoisotopic (exact) mass is 938 g/mol. The largest absolute Gasteiger partial charge is 0.482 e. The highest BCUT2D eigenvalue weighted by Gasteiger charge is 2.84. The number of rotatable bonds is 12. The van der Waals surface area contributed by atoms with Crippen molar-refractivity contribution in [3.05, 3.63) is 74.7 Å². The van der Waals surface area contributed by atoms with Gasteiger partial charge in [0.2, 0.25) is 12.2 Å². The SMILES string of the molecule is CC(C)=CCCC1(C)C=Cc2c(c(CC=C(C)C)c3c(c2O[C@H]2O[C@H]4COC(C)(C)O[C@@H]4[C@@H](O)[C@@H]2O)C2=C4C(C(C#N)=C(N)N2)C2CC5C(C)(C)OC(C/C=C(/C)C(=O)NCCO)(C2=O)C45O3)O1. The number of nitrogens with one attached hydrogen (secondary N) is 2.